The number of nitrogens with zero attached hydrogens (tertiary/aromatic N) is 3. The van der Waals surface area contributed by atoms with E-state index in [1.54, 1.807) is 23.9 Å². The molecule has 3 aromatic heterocycles. The third-order valence-electron chi connectivity index (χ3n) is 6.62. The van der Waals surface area contributed by atoms with Gasteiger partial charge in [0.2, 0.25) is 0 Å². The van der Waals surface area contributed by atoms with E-state index in [4.69, 9.17) is 16.6 Å². The van der Waals surface area contributed by atoms with Crippen LogP contribution in [-0.2, 0) is 4.79 Å². The van der Waals surface area contributed by atoms with Gasteiger partial charge in [0.1, 0.15) is 23.1 Å². The van der Waals surface area contributed by atoms with Gasteiger partial charge in [-0.1, -0.05) is 18.5 Å². The number of carbonyl (C=O) groups is 1. The average Bonchev–Trinajstić information content (AvgIpc) is 3.03. The fraction of sp³-hybridized carbons (Fsp3) is 0.435. The molecule has 0 aliphatic heterocycles. The number of halogens is 1. The van der Waals surface area contributed by atoms with Crippen LogP contribution >= 0.6 is 22.9 Å². The Kier molecular flexibility index (Phi) is 5.25. The van der Waals surface area contributed by atoms with Gasteiger partial charge in [0, 0.05) is 13.0 Å². The first-order valence-corrected chi connectivity index (χ1v) is 11.9. The molecule has 2 saturated carbocycles. The maximum Gasteiger partial charge on any atom is 0.163 e. The molecule has 0 bridgehead atoms. The van der Waals surface area contributed by atoms with Crippen molar-refractivity contribution in [1.29, 1.82) is 0 Å². The number of hydrogen-bond donors (Lipinski definition) is 3. The highest BCUT2D eigenvalue weighted by Crippen LogP contribution is 2.68. The normalized spacial score (nSPS) is 28.3. The lowest BCUT2D eigenvalue weighted by Gasteiger charge is -2.23. The van der Waals surface area contributed by atoms with Crippen LogP contribution in [0.1, 0.15) is 43.3 Å². The Balaban J connectivity index is 1.59. The lowest BCUT2D eigenvalue weighted by atomic mass is 9.92. The number of rotatable bonds is 5. The number of aliphatic hydroxyl groups is 2. The van der Waals surface area contributed by atoms with Crippen LogP contribution in [-0.4, -0.2) is 49.3 Å². The molecular weight excluding hydrogens is 448 g/mol. The van der Waals surface area contributed by atoms with Gasteiger partial charge in [-0.2, -0.15) is 0 Å². The summed E-state index contributed by atoms with van der Waals surface area (Å²) in [6.07, 6.45) is 0.407. The first-order chi connectivity index (χ1) is 15.4. The highest BCUT2D eigenvalue weighted by molar-refractivity contribution is 7.16. The van der Waals surface area contributed by atoms with E-state index in [1.807, 2.05) is 19.1 Å². The zero-order chi connectivity index (χ0) is 22.6. The van der Waals surface area contributed by atoms with E-state index in [9.17, 15) is 15.0 Å². The van der Waals surface area contributed by atoms with E-state index in [0.29, 0.717) is 40.6 Å². The summed E-state index contributed by atoms with van der Waals surface area (Å²) in [5.41, 5.74) is 1.73. The number of thiophene rings is 1. The summed E-state index contributed by atoms with van der Waals surface area (Å²) in [5.74, 6) is 6.05. The van der Waals surface area contributed by atoms with Gasteiger partial charge in [-0.05, 0) is 49.3 Å². The molecule has 3 heterocycles. The van der Waals surface area contributed by atoms with Gasteiger partial charge in [-0.15, -0.1) is 11.3 Å². The summed E-state index contributed by atoms with van der Waals surface area (Å²) in [6.45, 7) is 4.48. The Bertz CT molecular complexity index is 1280. The fourth-order valence-electron chi connectivity index (χ4n) is 5.09. The minimum absolute atomic E-state index is 0.00318. The number of imidazole rings is 1. The van der Waals surface area contributed by atoms with Crippen molar-refractivity contribution in [1.82, 2.24) is 14.5 Å². The molecule has 2 aliphatic carbocycles. The summed E-state index contributed by atoms with van der Waals surface area (Å²) in [4.78, 5) is 22.7. The molecule has 7 nitrogen and oxygen atoms in total. The summed E-state index contributed by atoms with van der Waals surface area (Å²) in [5, 5.41) is 24.9. The van der Waals surface area contributed by atoms with Crippen molar-refractivity contribution < 1.29 is 15.0 Å². The predicted octanol–water partition coefficient (Wildman–Crippen LogP) is 3.24. The first kappa shape index (κ1) is 21.4. The predicted molar refractivity (Wildman–Crippen MR) is 124 cm³/mol. The molecule has 32 heavy (non-hydrogen) atoms. The van der Waals surface area contributed by atoms with Crippen molar-refractivity contribution in [3.63, 3.8) is 0 Å². The third-order valence-corrected chi connectivity index (χ3v) is 7.77. The van der Waals surface area contributed by atoms with Crippen LogP contribution in [0.4, 0.5) is 5.69 Å². The topological polar surface area (TPSA) is 100 Å². The van der Waals surface area contributed by atoms with Crippen LogP contribution in [0.5, 0.6) is 0 Å². The molecule has 2 aliphatic rings. The van der Waals surface area contributed by atoms with Crippen molar-refractivity contribution in [3.8, 4) is 11.8 Å². The quantitative estimate of drug-likeness (QED) is 0.495. The fourth-order valence-corrected chi connectivity index (χ4v) is 5.99. The van der Waals surface area contributed by atoms with Gasteiger partial charge in [0.15, 0.2) is 5.65 Å². The number of nitrogens with one attached hydrogen (secondary N) is 1. The molecule has 0 radical (unpaired) electrons. The minimum atomic E-state index is -1.08. The Morgan fingerprint density at radius 1 is 1.38 bits per heavy atom. The number of aromatic nitrogens is 3. The van der Waals surface area contributed by atoms with E-state index in [0.717, 1.165) is 10.6 Å². The van der Waals surface area contributed by atoms with Gasteiger partial charge in [0.25, 0.3) is 0 Å². The molecular formula is C23H23ClN4O3S. The molecule has 0 saturated heterocycles. The average molecular weight is 471 g/mol. The van der Waals surface area contributed by atoms with Crippen molar-refractivity contribution in [2.75, 3.05) is 11.9 Å². The number of fused-ring (bicyclic) bond motifs is 2. The smallest absolute Gasteiger partial charge is 0.163 e. The molecule has 2 fully saturated rings. The van der Waals surface area contributed by atoms with Crippen LogP contribution in [0.2, 0.25) is 4.34 Å². The van der Waals surface area contributed by atoms with Crippen molar-refractivity contribution in [2.45, 2.75) is 44.9 Å². The lowest BCUT2D eigenvalue weighted by Crippen LogP contribution is -2.37. The summed E-state index contributed by atoms with van der Waals surface area (Å²) >= 11 is 7.40. The molecule has 0 spiro atoms. The van der Waals surface area contributed by atoms with Gasteiger partial charge in [-0.25, -0.2) is 9.97 Å². The van der Waals surface area contributed by atoms with Gasteiger partial charge >= 0.3 is 0 Å². The lowest BCUT2D eigenvalue weighted by molar-refractivity contribution is -0.130. The number of anilines is 1. The second-order valence-corrected chi connectivity index (χ2v) is 10.0. The SMILES string of the molecule is CCNc1cc(C#Cc2ccc(Cl)s2)nc2c1ncn2[C@H]1C(O)[C@@H](O)[C@]2(C(=O)CC)C[C@H]12. The first-order valence-electron chi connectivity index (χ1n) is 10.7. The van der Waals surface area contributed by atoms with Crippen LogP contribution < -0.4 is 5.32 Å². The summed E-state index contributed by atoms with van der Waals surface area (Å²) in [6, 6.07) is 5.06. The number of Topliss-reactive ketones (excluding diaryl/α,β-unsaturated/α-hetero) is 1. The van der Waals surface area contributed by atoms with E-state index in [1.165, 1.54) is 11.3 Å². The van der Waals surface area contributed by atoms with Crippen molar-refractivity contribution in [3.05, 3.63) is 39.4 Å². The zero-order valence-electron chi connectivity index (χ0n) is 17.7. The van der Waals surface area contributed by atoms with Crippen LogP contribution in [0.3, 0.4) is 0 Å². The second-order valence-electron chi connectivity index (χ2n) is 8.32. The molecule has 0 aromatic carbocycles. The largest absolute Gasteiger partial charge is 0.389 e. The van der Waals surface area contributed by atoms with E-state index < -0.39 is 23.7 Å². The highest BCUT2D eigenvalue weighted by atomic mass is 35.5. The Hall–Kier alpha value is -2.44. The number of aliphatic hydroxyl groups excluding tert-OH is 2. The number of hydrogen-bond acceptors (Lipinski definition) is 7. The Morgan fingerprint density at radius 3 is 2.88 bits per heavy atom. The van der Waals surface area contributed by atoms with E-state index in [-0.39, 0.29) is 11.7 Å². The minimum Gasteiger partial charge on any atom is -0.389 e. The van der Waals surface area contributed by atoms with E-state index >= 15 is 0 Å². The summed E-state index contributed by atoms with van der Waals surface area (Å²) < 4.78 is 2.48. The van der Waals surface area contributed by atoms with Crippen LogP contribution in [0, 0.1) is 23.2 Å². The van der Waals surface area contributed by atoms with Crippen molar-refractivity contribution >= 4 is 45.6 Å². The number of pyridine rings is 1. The monoisotopic (exact) mass is 470 g/mol. The summed E-state index contributed by atoms with van der Waals surface area (Å²) in [7, 11) is 0. The van der Waals surface area contributed by atoms with E-state index in [2.05, 4.69) is 22.1 Å². The molecule has 3 aromatic rings. The maximum absolute atomic E-state index is 12.6. The molecule has 5 rings (SSSR count). The molecule has 3 N–H and O–H groups in total. The maximum atomic E-state index is 12.6. The molecule has 1 unspecified atom stereocenters. The zero-order valence-corrected chi connectivity index (χ0v) is 19.2. The van der Waals surface area contributed by atoms with Gasteiger partial charge < -0.3 is 20.1 Å². The third kappa shape index (κ3) is 3.15. The van der Waals surface area contributed by atoms with Crippen LogP contribution in [0.25, 0.3) is 11.2 Å². The highest BCUT2D eigenvalue weighted by Gasteiger charge is 2.74. The molecule has 9 heteroatoms. The molecule has 166 valence electrons. The Labute approximate surface area is 194 Å². The van der Waals surface area contributed by atoms with Crippen LogP contribution in [0.15, 0.2) is 24.5 Å². The molecule has 0 amide bonds. The number of carbonyl (C=O) groups excluding carboxylic acids is 1. The van der Waals surface area contributed by atoms with Gasteiger partial charge in [0.05, 0.1) is 38.8 Å². The Morgan fingerprint density at radius 2 is 2.19 bits per heavy atom. The number of ketones is 1. The van der Waals surface area contributed by atoms with Gasteiger partial charge in [-0.3, -0.25) is 4.79 Å². The molecule has 5 atom stereocenters. The van der Waals surface area contributed by atoms with Crippen molar-refractivity contribution in [2.24, 2.45) is 11.3 Å². The second kappa shape index (κ2) is 7.85. The standard InChI is InChI=1S/C23H23ClN4O3S/c1-3-16(29)23-10-14(23)19(20(30)21(23)31)28-11-26-18-15(25-4-2)9-12(27-22(18)28)5-6-13-7-8-17(24)32-13/h7-9,11,14,19-21,30-31H,3-4,10H2,1-2H3,(H,25,27)/t14-,19-,20?,21-,23-/m1/s1.